The number of rotatable bonds is 3. The summed E-state index contributed by atoms with van der Waals surface area (Å²) in [5.41, 5.74) is 0.869. The lowest BCUT2D eigenvalue weighted by atomic mass is 9.76. The number of benzene rings is 1. The maximum Gasteiger partial charge on any atom is 0.325 e. The van der Waals surface area contributed by atoms with Gasteiger partial charge in [0.25, 0.3) is 5.91 Å². The molecule has 7 heteroatoms. The molecule has 0 saturated carbocycles. The standard InChI is InChI=1S/C18H15ClN2O3S/c19-15-8-7-14(25-15)13(22)10-21-16(23)18(20-17(21)24)9-3-5-11-4-1-2-6-12(11)18/h1-2,4,6-8H,3,5,9-10H2,(H,20,24)/t18-/m0/s1. The molecular formula is C18H15ClN2O3S. The van der Waals surface area contributed by atoms with Crippen molar-refractivity contribution in [2.75, 3.05) is 6.54 Å². The van der Waals surface area contributed by atoms with E-state index >= 15 is 0 Å². The molecule has 1 fully saturated rings. The number of nitrogens with zero attached hydrogens (tertiary/aromatic N) is 1. The summed E-state index contributed by atoms with van der Waals surface area (Å²) in [5, 5.41) is 2.85. The van der Waals surface area contributed by atoms with E-state index in [-0.39, 0.29) is 18.2 Å². The SMILES string of the molecule is O=C(CN1C(=O)N[C@]2(CCCc3ccccc32)C1=O)c1ccc(Cl)s1. The number of thiophene rings is 1. The van der Waals surface area contributed by atoms with Crippen LogP contribution < -0.4 is 5.32 Å². The van der Waals surface area contributed by atoms with Crippen LogP contribution >= 0.6 is 22.9 Å². The van der Waals surface area contributed by atoms with Crippen molar-refractivity contribution in [3.8, 4) is 0 Å². The fraction of sp³-hybridized carbons (Fsp3) is 0.278. The number of urea groups is 1. The van der Waals surface area contributed by atoms with Crippen LogP contribution in [0.5, 0.6) is 0 Å². The van der Waals surface area contributed by atoms with E-state index in [2.05, 4.69) is 5.32 Å². The molecule has 1 saturated heterocycles. The second kappa shape index (κ2) is 5.97. The van der Waals surface area contributed by atoms with E-state index in [0.29, 0.717) is 15.6 Å². The number of hydrogen-bond donors (Lipinski definition) is 1. The first-order valence-electron chi connectivity index (χ1n) is 8.02. The Morgan fingerprint density at radius 1 is 1.24 bits per heavy atom. The largest absolute Gasteiger partial charge is 0.325 e. The van der Waals surface area contributed by atoms with E-state index in [1.807, 2.05) is 24.3 Å². The zero-order chi connectivity index (χ0) is 17.6. The van der Waals surface area contributed by atoms with Crippen molar-refractivity contribution in [2.45, 2.75) is 24.8 Å². The Bertz CT molecular complexity index is 894. The lowest BCUT2D eigenvalue weighted by molar-refractivity contribution is -0.131. The van der Waals surface area contributed by atoms with Gasteiger partial charge in [0, 0.05) is 0 Å². The van der Waals surface area contributed by atoms with Crippen molar-refractivity contribution in [1.82, 2.24) is 10.2 Å². The van der Waals surface area contributed by atoms with Gasteiger partial charge >= 0.3 is 6.03 Å². The number of aryl methyl sites for hydroxylation is 1. The molecule has 4 rings (SSSR count). The maximum absolute atomic E-state index is 13.1. The molecule has 1 aliphatic carbocycles. The summed E-state index contributed by atoms with van der Waals surface area (Å²) < 4.78 is 0.498. The first kappa shape index (κ1) is 16.3. The smallest absolute Gasteiger partial charge is 0.319 e. The van der Waals surface area contributed by atoms with Crippen LogP contribution in [-0.2, 0) is 16.8 Å². The third-order valence-corrected chi connectivity index (χ3v) is 6.07. The van der Waals surface area contributed by atoms with Crippen LogP contribution in [-0.4, -0.2) is 29.2 Å². The van der Waals surface area contributed by atoms with Crippen molar-refractivity contribution in [2.24, 2.45) is 0 Å². The van der Waals surface area contributed by atoms with Crippen LogP contribution in [0.1, 0.15) is 33.6 Å². The molecular weight excluding hydrogens is 360 g/mol. The average Bonchev–Trinajstić information content (AvgIpc) is 3.13. The second-order valence-corrected chi connectivity index (χ2v) is 7.98. The van der Waals surface area contributed by atoms with Gasteiger partial charge in [0.15, 0.2) is 5.78 Å². The first-order valence-corrected chi connectivity index (χ1v) is 9.22. The number of ketones is 1. The Balaban J connectivity index is 1.64. The monoisotopic (exact) mass is 374 g/mol. The molecule has 0 bridgehead atoms. The van der Waals surface area contributed by atoms with Gasteiger partial charge in [-0.1, -0.05) is 35.9 Å². The van der Waals surface area contributed by atoms with Gasteiger partial charge in [0.1, 0.15) is 5.54 Å². The van der Waals surface area contributed by atoms with Crippen molar-refractivity contribution in [3.05, 3.63) is 56.7 Å². The highest BCUT2D eigenvalue weighted by Crippen LogP contribution is 2.40. The summed E-state index contributed by atoms with van der Waals surface area (Å²) in [6.45, 7) is -0.272. The molecule has 3 amide bonds. The highest BCUT2D eigenvalue weighted by Gasteiger charge is 2.54. The van der Waals surface area contributed by atoms with E-state index in [9.17, 15) is 14.4 Å². The Hall–Kier alpha value is -2.18. The number of amides is 3. The van der Waals surface area contributed by atoms with Crippen LogP contribution in [0.25, 0.3) is 0 Å². The zero-order valence-electron chi connectivity index (χ0n) is 13.3. The van der Waals surface area contributed by atoms with Crippen molar-refractivity contribution < 1.29 is 14.4 Å². The highest BCUT2D eigenvalue weighted by molar-refractivity contribution is 7.18. The number of carbonyl (C=O) groups excluding carboxylic acids is 3. The Labute approximate surface area is 153 Å². The van der Waals surface area contributed by atoms with Crippen LogP contribution in [0, 0.1) is 0 Å². The molecule has 0 radical (unpaired) electrons. The molecule has 1 N–H and O–H groups in total. The van der Waals surface area contributed by atoms with Gasteiger partial charge < -0.3 is 5.32 Å². The number of halogens is 1. The van der Waals surface area contributed by atoms with Crippen LogP contribution in [0.2, 0.25) is 4.34 Å². The minimum atomic E-state index is -1.04. The normalized spacial score (nSPS) is 22.2. The predicted molar refractivity (Wildman–Crippen MR) is 95.0 cm³/mol. The molecule has 0 unspecified atom stereocenters. The lowest BCUT2D eigenvalue weighted by Gasteiger charge is -2.33. The van der Waals surface area contributed by atoms with Gasteiger partial charge in [-0.3, -0.25) is 14.5 Å². The average molecular weight is 375 g/mol. The van der Waals surface area contributed by atoms with Crippen molar-refractivity contribution >= 4 is 40.7 Å². The summed E-state index contributed by atoms with van der Waals surface area (Å²) in [4.78, 5) is 39.4. The van der Waals surface area contributed by atoms with E-state index in [0.717, 1.165) is 40.2 Å². The summed E-state index contributed by atoms with van der Waals surface area (Å²) >= 11 is 7.00. The molecule has 25 heavy (non-hydrogen) atoms. The molecule has 2 aromatic rings. The summed E-state index contributed by atoms with van der Waals surface area (Å²) in [7, 11) is 0. The molecule has 1 spiro atoms. The van der Waals surface area contributed by atoms with Gasteiger partial charge in [0.05, 0.1) is 15.8 Å². The minimum absolute atomic E-state index is 0.272. The van der Waals surface area contributed by atoms with Gasteiger partial charge in [-0.05, 0) is 42.5 Å². The summed E-state index contributed by atoms with van der Waals surface area (Å²) in [6.07, 6.45) is 2.24. The molecule has 1 aromatic heterocycles. The molecule has 5 nitrogen and oxygen atoms in total. The molecule has 1 aromatic carbocycles. The predicted octanol–water partition coefficient (Wildman–Crippen LogP) is 3.37. The van der Waals surface area contributed by atoms with E-state index in [1.165, 1.54) is 0 Å². The summed E-state index contributed by atoms with van der Waals surface area (Å²) in [5.74, 6) is -0.637. The molecule has 2 aliphatic rings. The van der Waals surface area contributed by atoms with Gasteiger partial charge in [-0.15, -0.1) is 11.3 Å². The van der Waals surface area contributed by atoms with E-state index < -0.39 is 11.6 Å². The van der Waals surface area contributed by atoms with Gasteiger partial charge in [-0.2, -0.15) is 0 Å². The zero-order valence-corrected chi connectivity index (χ0v) is 14.8. The maximum atomic E-state index is 13.1. The quantitative estimate of drug-likeness (QED) is 0.661. The Morgan fingerprint density at radius 3 is 2.80 bits per heavy atom. The molecule has 2 heterocycles. The third-order valence-electron chi connectivity index (χ3n) is 4.80. The van der Waals surface area contributed by atoms with Crippen LogP contribution in [0.4, 0.5) is 4.79 Å². The number of nitrogens with one attached hydrogen (secondary N) is 1. The Morgan fingerprint density at radius 2 is 2.04 bits per heavy atom. The molecule has 1 atom stereocenters. The first-order chi connectivity index (χ1) is 12.0. The number of imide groups is 1. The van der Waals surface area contributed by atoms with Crippen LogP contribution in [0.3, 0.4) is 0 Å². The Kier molecular flexibility index (Phi) is 3.89. The number of fused-ring (bicyclic) bond motifs is 2. The van der Waals surface area contributed by atoms with E-state index in [1.54, 1.807) is 12.1 Å². The van der Waals surface area contributed by atoms with Gasteiger partial charge in [-0.25, -0.2) is 4.79 Å². The highest BCUT2D eigenvalue weighted by atomic mass is 35.5. The van der Waals surface area contributed by atoms with Crippen molar-refractivity contribution in [3.63, 3.8) is 0 Å². The fourth-order valence-electron chi connectivity index (χ4n) is 3.64. The summed E-state index contributed by atoms with van der Waals surface area (Å²) in [6, 6.07) is 10.4. The molecule has 128 valence electrons. The second-order valence-electron chi connectivity index (χ2n) is 6.26. The van der Waals surface area contributed by atoms with Gasteiger partial charge in [0.2, 0.25) is 0 Å². The third kappa shape index (κ3) is 2.56. The molecule has 1 aliphatic heterocycles. The van der Waals surface area contributed by atoms with Crippen LogP contribution in [0.15, 0.2) is 36.4 Å². The minimum Gasteiger partial charge on any atom is -0.319 e. The topological polar surface area (TPSA) is 66.5 Å². The number of Topliss-reactive ketones (excluding diaryl/α,β-unsaturated/α-hetero) is 1. The number of carbonyl (C=O) groups is 3. The lowest BCUT2D eigenvalue weighted by Crippen LogP contribution is -2.46. The van der Waals surface area contributed by atoms with Crippen molar-refractivity contribution in [1.29, 1.82) is 0 Å². The van der Waals surface area contributed by atoms with E-state index in [4.69, 9.17) is 11.6 Å². The number of hydrogen-bond acceptors (Lipinski definition) is 4. The fourth-order valence-corrected chi connectivity index (χ4v) is 4.61.